The van der Waals surface area contributed by atoms with E-state index in [1.807, 2.05) is 0 Å². The second-order valence-corrected chi connectivity index (χ2v) is 6.38. The lowest BCUT2D eigenvalue weighted by molar-refractivity contribution is -0.153. The van der Waals surface area contributed by atoms with Gasteiger partial charge in [0.25, 0.3) is 0 Å². The fourth-order valence-corrected chi connectivity index (χ4v) is 3.47. The molecule has 1 aromatic carbocycles. The quantitative estimate of drug-likeness (QED) is 0.495. The highest BCUT2D eigenvalue weighted by Crippen LogP contribution is 2.53. The van der Waals surface area contributed by atoms with E-state index in [1.54, 1.807) is 24.3 Å². The van der Waals surface area contributed by atoms with Crippen molar-refractivity contribution in [3.8, 4) is 0 Å². The first-order chi connectivity index (χ1) is 9.82. The van der Waals surface area contributed by atoms with Crippen LogP contribution in [0.2, 0.25) is 0 Å². The second-order valence-electron chi connectivity index (χ2n) is 4.95. The summed E-state index contributed by atoms with van der Waals surface area (Å²) < 4.78 is 5.02. The van der Waals surface area contributed by atoms with Gasteiger partial charge < -0.3 is 30.1 Å². The number of alkyl halides is 2. The predicted molar refractivity (Wildman–Crippen MR) is 78.8 cm³/mol. The third kappa shape index (κ3) is 1.90. The molecule has 3 rings (SSSR count). The summed E-state index contributed by atoms with van der Waals surface area (Å²) >= 11 is 9.04. The van der Waals surface area contributed by atoms with E-state index in [-0.39, 0.29) is 5.56 Å². The van der Waals surface area contributed by atoms with Crippen LogP contribution in [0.3, 0.4) is 0 Å². The van der Waals surface area contributed by atoms with Crippen LogP contribution in [0.15, 0.2) is 30.5 Å². The first kappa shape index (κ1) is 15.2. The maximum Gasteiger partial charge on any atom is 0.215 e. The highest BCUT2D eigenvalue weighted by molar-refractivity contribution is 9.09. The van der Waals surface area contributed by atoms with Crippen molar-refractivity contribution in [3.63, 3.8) is 0 Å². The van der Waals surface area contributed by atoms with Crippen LogP contribution >= 0.6 is 27.5 Å². The number of fused-ring (bicyclic) bond motifs is 1. The molecule has 1 saturated heterocycles. The van der Waals surface area contributed by atoms with Crippen LogP contribution in [0.1, 0.15) is 5.56 Å². The number of halogens is 2. The SMILES string of the molecule is OC(Br)[C@@]1(Cl)O[C@@H](O)[C@H](O)[C@@]1(O)c1c[nH]c2ccccc12. The standard InChI is InChI=1S/C13H13BrClNO5/c14-11(19)13(15)12(20,9(17)10(18)21-13)7-5-16-8-4-2-1-3-6(7)8/h1-5,9-11,16-20H/t9-,10+,11?,12-,13+/m0/s1. The van der Waals surface area contributed by atoms with Crippen LogP contribution in [-0.2, 0) is 10.3 Å². The van der Waals surface area contributed by atoms with E-state index < -0.39 is 28.1 Å². The minimum atomic E-state index is -2.23. The van der Waals surface area contributed by atoms with Gasteiger partial charge in [-0.3, -0.25) is 0 Å². The number of hydrogen-bond acceptors (Lipinski definition) is 5. The van der Waals surface area contributed by atoms with Crippen molar-refractivity contribution in [1.29, 1.82) is 0 Å². The molecule has 8 heteroatoms. The summed E-state index contributed by atoms with van der Waals surface area (Å²) in [4.78, 5) is 2.94. The van der Waals surface area contributed by atoms with Gasteiger partial charge in [0.05, 0.1) is 0 Å². The average molecular weight is 379 g/mol. The normalized spacial score (nSPS) is 38.0. The number of benzene rings is 1. The molecule has 114 valence electrons. The number of para-hydroxylation sites is 1. The Morgan fingerprint density at radius 3 is 2.67 bits per heavy atom. The molecule has 2 heterocycles. The summed E-state index contributed by atoms with van der Waals surface area (Å²) in [6.45, 7) is 0. The maximum atomic E-state index is 11.0. The summed E-state index contributed by atoms with van der Waals surface area (Å²) in [7, 11) is 0. The molecule has 0 saturated carbocycles. The molecule has 0 aliphatic carbocycles. The molecule has 1 unspecified atom stereocenters. The molecule has 0 radical (unpaired) electrons. The van der Waals surface area contributed by atoms with Gasteiger partial charge in [0.2, 0.25) is 5.06 Å². The van der Waals surface area contributed by atoms with Crippen LogP contribution < -0.4 is 0 Å². The lowest BCUT2D eigenvalue weighted by Crippen LogP contribution is -2.55. The van der Waals surface area contributed by atoms with Crippen molar-refractivity contribution in [2.75, 3.05) is 0 Å². The van der Waals surface area contributed by atoms with Crippen molar-refractivity contribution in [3.05, 3.63) is 36.0 Å². The van der Waals surface area contributed by atoms with E-state index in [9.17, 15) is 20.4 Å². The van der Waals surface area contributed by atoms with Crippen molar-refractivity contribution < 1.29 is 25.2 Å². The van der Waals surface area contributed by atoms with Gasteiger partial charge in [0.15, 0.2) is 16.9 Å². The van der Waals surface area contributed by atoms with Gasteiger partial charge in [-0.05, 0) is 6.07 Å². The minimum absolute atomic E-state index is 0.218. The maximum absolute atomic E-state index is 11.0. The van der Waals surface area contributed by atoms with Gasteiger partial charge in [0, 0.05) is 22.7 Å². The number of nitrogens with one attached hydrogen (secondary N) is 1. The molecule has 5 N–H and O–H groups in total. The van der Waals surface area contributed by atoms with Crippen molar-refractivity contribution in [2.24, 2.45) is 0 Å². The molecule has 6 nitrogen and oxygen atoms in total. The molecule has 0 spiro atoms. The number of aromatic amines is 1. The van der Waals surface area contributed by atoms with Crippen LogP contribution in [0.5, 0.6) is 0 Å². The number of aliphatic hydroxyl groups excluding tert-OH is 3. The third-order valence-electron chi connectivity index (χ3n) is 3.82. The van der Waals surface area contributed by atoms with Gasteiger partial charge in [-0.15, -0.1) is 0 Å². The topological polar surface area (TPSA) is 106 Å². The molecule has 0 amide bonds. The van der Waals surface area contributed by atoms with E-state index >= 15 is 0 Å². The summed E-state index contributed by atoms with van der Waals surface area (Å²) in [6.07, 6.45) is -2.02. The van der Waals surface area contributed by atoms with Crippen LogP contribution in [-0.4, -0.2) is 47.9 Å². The minimum Gasteiger partial charge on any atom is -0.384 e. The van der Waals surface area contributed by atoms with Gasteiger partial charge in [-0.1, -0.05) is 45.7 Å². The molecule has 2 aromatic rings. The summed E-state index contributed by atoms with van der Waals surface area (Å²) in [6, 6.07) is 7.05. The van der Waals surface area contributed by atoms with Gasteiger partial charge in [-0.2, -0.15) is 0 Å². The molecular weight excluding hydrogens is 366 g/mol. The Hall–Kier alpha value is -0.670. The monoisotopic (exact) mass is 377 g/mol. The van der Waals surface area contributed by atoms with Gasteiger partial charge in [-0.25, -0.2) is 0 Å². The van der Waals surface area contributed by atoms with Crippen molar-refractivity contribution >= 4 is 38.4 Å². The lowest BCUT2D eigenvalue weighted by Gasteiger charge is -2.37. The summed E-state index contributed by atoms with van der Waals surface area (Å²) in [5.41, 5.74) is -1.30. The molecule has 21 heavy (non-hydrogen) atoms. The van der Waals surface area contributed by atoms with Crippen LogP contribution in [0.4, 0.5) is 0 Å². The zero-order chi connectivity index (χ0) is 15.4. The van der Waals surface area contributed by atoms with Crippen molar-refractivity contribution in [2.45, 2.75) is 28.1 Å². The van der Waals surface area contributed by atoms with E-state index in [4.69, 9.17) is 16.3 Å². The molecular formula is C13H13BrClNO5. The molecule has 0 bridgehead atoms. The zero-order valence-corrected chi connectivity index (χ0v) is 12.9. The Labute approximate surface area is 133 Å². The van der Waals surface area contributed by atoms with E-state index in [1.165, 1.54) is 6.20 Å². The van der Waals surface area contributed by atoms with Gasteiger partial charge >= 0.3 is 0 Å². The number of rotatable bonds is 2. The molecule has 1 aromatic heterocycles. The average Bonchev–Trinajstić information content (AvgIpc) is 2.95. The number of ether oxygens (including phenoxy) is 1. The summed E-state index contributed by atoms with van der Waals surface area (Å²) in [5, 5.41) is 37.6. The van der Waals surface area contributed by atoms with E-state index in [0.29, 0.717) is 10.9 Å². The van der Waals surface area contributed by atoms with Crippen LogP contribution in [0, 0.1) is 0 Å². The Balaban J connectivity index is 2.26. The second kappa shape index (κ2) is 4.92. The largest absolute Gasteiger partial charge is 0.384 e. The van der Waals surface area contributed by atoms with Crippen LogP contribution in [0.25, 0.3) is 10.9 Å². The van der Waals surface area contributed by atoms with E-state index in [0.717, 1.165) is 0 Å². The molecule has 5 atom stereocenters. The Bertz CT molecular complexity index is 679. The van der Waals surface area contributed by atoms with E-state index in [2.05, 4.69) is 20.9 Å². The summed E-state index contributed by atoms with van der Waals surface area (Å²) in [5.74, 6) is 0. The highest BCUT2D eigenvalue weighted by Gasteiger charge is 2.68. The fraction of sp³-hybridized carbons (Fsp3) is 0.385. The Morgan fingerprint density at radius 2 is 2.00 bits per heavy atom. The van der Waals surface area contributed by atoms with Crippen molar-refractivity contribution in [1.82, 2.24) is 4.98 Å². The molecule has 1 aliphatic rings. The first-order valence-corrected chi connectivity index (χ1v) is 7.45. The smallest absolute Gasteiger partial charge is 0.215 e. The number of hydrogen-bond donors (Lipinski definition) is 5. The highest BCUT2D eigenvalue weighted by atomic mass is 79.9. The fourth-order valence-electron chi connectivity index (χ4n) is 2.71. The third-order valence-corrected chi connectivity index (χ3v) is 5.31. The number of H-pyrrole nitrogens is 1. The Morgan fingerprint density at radius 1 is 1.33 bits per heavy atom. The zero-order valence-electron chi connectivity index (χ0n) is 10.6. The lowest BCUT2D eigenvalue weighted by atomic mass is 9.84. The number of aromatic nitrogens is 1. The molecule has 1 fully saturated rings. The number of aliphatic hydroxyl groups is 4. The Kier molecular flexibility index (Phi) is 3.57. The predicted octanol–water partition coefficient (Wildman–Crippen LogP) is 0.713. The molecule has 1 aliphatic heterocycles. The first-order valence-electron chi connectivity index (χ1n) is 6.16. The van der Waals surface area contributed by atoms with Gasteiger partial charge in [0.1, 0.15) is 6.10 Å².